The lowest BCUT2D eigenvalue weighted by atomic mass is 9.65. The molecule has 2 aromatic rings. The summed E-state index contributed by atoms with van der Waals surface area (Å²) in [7, 11) is 0. The number of rotatable bonds is 7. The van der Waals surface area contributed by atoms with Crippen molar-refractivity contribution in [1.29, 1.82) is 0 Å². The average molecular weight is 604 g/mol. The Balaban J connectivity index is 1.26. The summed E-state index contributed by atoms with van der Waals surface area (Å²) in [6.45, 7) is 5.20. The van der Waals surface area contributed by atoms with E-state index in [1.54, 1.807) is 21.7 Å². The second kappa shape index (κ2) is 13.2. The van der Waals surface area contributed by atoms with Gasteiger partial charge in [-0.3, -0.25) is 14.4 Å². The first-order chi connectivity index (χ1) is 21.3. The van der Waals surface area contributed by atoms with E-state index < -0.39 is 11.0 Å². The van der Waals surface area contributed by atoms with E-state index in [0.29, 0.717) is 62.9 Å². The van der Waals surface area contributed by atoms with Crippen molar-refractivity contribution in [2.24, 2.45) is 17.3 Å². The molecule has 0 bridgehead atoms. The minimum absolute atomic E-state index is 0.00958. The number of nitrogens with zero attached hydrogens (tertiary/aromatic N) is 3. The van der Waals surface area contributed by atoms with Gasteiger partial charge in [0.2, 0.25) is 5.91 Å². The number of amides is 2. The summed E-state index contributed by atoms with van der Waals surface area (Å²) in [4.78, 5) is 45.0. The number of hydrogen-bond donors (Lipinski definition) is 1. The molecule has 1 spiro atoms. The number of carbonyl (C=O) groups is 2. The van der Waals surface area contributed by atoms with Crippen molar-refractivity contribution < 1.29 is 19.4 Å². The Hall–Kier alpha value is -2.97. The highest BCUT2D eigenvalue weighted by Crippen LogP contribution is 2.52. The lowest BCUT2D eigenvalue weighted by Crippen LogP contribution is -2.62. The molecule has 238 valence electrons. The predicted molar refractivity (Wildman–Crippen MR) is 170 cm³/mol. The van der Waals surface area contributed by atoms with E-state index in [4.69, 9.17) is 4.74 Å². The molecule has 4 aliphatic rings. The van der Waals surface area contributed by atoms with Gasteiger partial charge in [-0.15, -0.1) is 0 Å². The summed E-state index contributed by atoms with van der Waals surface area (Å²) in [6, 6.07) is 11.1. The van der Waals surface area contributed by atoms with Crippen molar-refractivity contribution in [3.05, 3.63) is 58.5 Å². The zero-order chi connectivity index (χ0) is 30.7. The van der Waals surface area contributed by atoms with Crippen molar-refractivity contribution in [2.45, 2.75) is 89.7 Å². The maximum atomic E-state index is 13.9. The molecule has 0 radical (unpaired) electrons. The molecule has 1 N–H and O–H groups in total. The smallest absolute Gasteiger partial charge is 0.256 e. The van der Waals surface area contributed by atoms with Crippen LogP contribution in [-0.4, -0.2) is 76.3 Å². The van der Waals surface area contributed by atoms with E-state index in [1.165, 1.54) is 32.1 Å². The van der Waals surface area contributed by atoms with Crippen LogP contribution in [0.5, 0.6) is 0 Å². The Morgan fingerprint density at radius 1 is 0.955 bits per heavy atom. The fourth-order valence-corrected chi connectivity index (χ4v) is 8.56. The molecular weight excluding hydrogens is 554 g/mol. The number of morpholine rings is 1. The molecular formula is C36H49N3O5. The maximum Gasteiger partial charge on any atom is 0.256 e. The van der Waals surface area contributed by atoms with Gasteiger partial charge in [0.15, 0.2) is 0 Å². The molecule has 2 amide bonds. The lowest BCUT2D eigenvalue weighted by molar-refractivity contribution is -0.163. The van der Waals surface area contributed by atoms with Crippen LogP contribution in [0.3, 0.4) is 0 Å². The SMILES string of the molecule is C[C@H](CC1CCCCC1)C(=O)N1CC[C@](O)(Cn2cc(C(=O)N3CCOCC3)c(-c3ccccc3)cc2=O)C2(CCCC2)C1. The highest BCUT2D eigenvalue weighted by molar-refractivity contribution is 6.00. The number of pyridine rings is 1. The standard InChI is InChI=1S/C36H49N3O5/c1-27(22-28-10-4-2-5-11-28)33(41)38-17-16-36(43,35(25-38)14-8-9-15-35)26-39-24-31(34(42)37-18-20-44-21-19-37)30(23-32(39)40)29-12-6-3-7-13-29/h3,6-7,12-13,23-24,27-28,43H,2,4-5,8-11,14-22,25-26H2,1H3/t27-,36+/m1/s1. The number of carbonyl (C=O) groups excluding carboxylic acids is 2. The van der Waals surface area contributed by atoms with Crippen molar-refractivity contribution in [3.8, 4) is 11.1 Å². The molecule has 44 heavy (non-hydrogen) atoms. The molecule has 0 unspecified atom stereocenters. The van der Waals surface area contributed by atoms with E-state index in [1.807, 2.05) is 35.2 Å². The summed E-state index contributed by atoms with van der Waals surface area (Å²) in [5, 5.41) is 12.5. The van der Waals surface area contributed by atoms with Crippen molar-refractivity contribution in [2.75, 3.05) is 39.4 Å². The van der Waals surface area contributed by atoms with Crippen LogP contribution in [0.4, 0.5) is 0 Å². The molecule has 2 saturated carbocycles. The quantitative estimate of drug-likeness (QED) is 0.475. The Kier molecular flexibility index (Phi) is 9.29. The van der Waals surface area contributed by atoms with Gasteiger partial charge in [0, 0.05) is 55.3 Å². The normalized spacial score (nSPS) is 24.9. The van der Waals surface area contributed by atoms with Crippen molar-refractivity contribution >= 4 is 11.8 Å². The van der Waals surface area contributed by atoms with Crippen molar-refractivity contribution in [1.82, 2.24) is 14.4 Å². The van der Waals surface area contributed by atoms with Crippen LogP contribution >= 0.6 is 0 Å². The van der Waals surface area contributed by atoms with Crippen LogP contribution < -0.4 is 5.56 Å². The van der Waals surface area contributed by atoms with Gasteiger partial charge in [0.25, 0.3) is 11.5 Å². The van der Waals surface area contributed by atoms with Gasteiger partial charge >= 0.3 is 0 Å². The van der Waals surface area contributed by atoms with E-state index in [-0.39, 0.29) is 29.8 Å². The monoisotopic (exact) mass is 603 g/mol. The first-order valence-corrected chi connectivity index (χ1v) is 17.0. The summed E-state index contributed by atoms with van der Waals surface area (Å²) in [5.41, 5.74) is 0.0445. The third-order valence-corrected chi connectivity index (χ3v) is 11.2. The first kappa shape index (κ1) is 31.0. The van der Waals surface area contributed by atoms with E-state index in [9.17, 15) is 19.5 Å². The molecule has 3 heterocycles. The summed E-state index contributed by atoms with van der Waals surface area (Å²) >= 11 is 0. The predicted octanol–water partition coefficient (Wildman–Crippen LogP) is 5.12. The van der Waals surface area contributed by atoms with Gasteiger partial charge in [0.05, 0.1) is 30.9 Å². The van der Waals surface area contributed by atoms with E-state index >= 15 is 0 Å². The van der Waals surface area contributed by atoms with Crippen molar-refractivity contribution in [3.63, 3.8) is 0 Å². The molecule has 8 nitrogen and oxygen atoms in total. The molecule has 2 atom stereocenters. The minimum atomic E-state index is -1.15. The number of benzene rings is 1. The van der Waals surface area contributed by atoms with Gasteiger partial charge in [0.1, 0.15) is 0 Å². The fraction of sp³-hybridized carbons (Fsp3) is 0.639. The van der Waals surface area contributed by atoms with Crippen LogP contribution in [-0.2, 0) is 16.1 Å². The first-order valence-electron chi connectivity index (χ1n) is 17.0. The highest BCUT2D eigenvalue weighted by Gasteiger charge is 2.56. The Labute approximate surface area is 261 Å². The zero-order valence-corrected chi connectivity index (χ0v) is 26.3. The number of piperidine rings is 1. The van der Waals surface area contributed by atoms with Crippen LogP contribution in [0.1, 0.15) is 87.9 Å². The Bertz CT molecular complexity index is 1370. The molecule has 1 aromatic carbocycles. The van der Waals surface area contributed by atoms with Crippen LogP contribution in [0, 0.1) is 17.3 Å². The molecule has 8 heteroatoms. The van der Waals surface area contributed by atoms with Crippen LogP contribution in [0.25, 0.3) is 11.1 Å². The van der Waals surface area contributed by atoms with Gasteiger partial charge in [-0.1, -0.05) is 82.2 Å². The Morgan fingerprint density at radius 2 is 1.66 bits per heavy atom. The van der Waals surface area contributed by atoms with Gasteiger partial charge in [-0.05, 0) is 37.2 Å². The third kappa shape index (κ3) is 6.25. The molecule has 2 saturated heterocycles. The fourth-order valence-electron chi connectivity index (χ4n) is 8.56. The summed E-state index contributed by atoms with van der Waals surface area (Å²) in [6.07, 6.45) is 13.1. The van der Waals surface area contributed by atoms with Crippen LogP contribution in [0.2, 0.25) is 0 Å². The zero-order valence-electron chi connectivity index (χ0n) is 26.3. The lowest BCUT2D eigenvalue weighted by Gasteiger charge is -2.53. The topological polar surface area (TPSA) is 92.1 Å². The average Bonchev–Trinajstić information content (AvgIpc) is 3.54. The molecule has 6 rings (SSSR count). The second-order valence-corrected chi connectivity index (χ2v) is 14.0. The third-order valence-electron chi connectivity index (χ3n) is 11.2. The summed E-state index contributed by atoms with van der Waals surface area (Å²) in [5.74, 6) is 0.720. The van der Waals surface area contributed by atoms with E-state index in [2.05, 4.69) is 6.92 Å². The Morgan fingerprint density at radius 3 is 2.36 bits per heavy atom. The van der Waals surface area contributed by atoms with Gasteiger partial charge in [-0.25, -0.2) is 0 Å². The number of ether oxygens (including phenoxy) is 1. The number of hydrogen-bond acceptors (Lipinski definition) is 5. The van der Waals surface area contributed by atoms with Crippen LogP contribution in [0.15, 0.2) is 47.4 Å². The number of likely N-dealkylation sites (tertiary alicyclic amines) is 1. The maximum absolute atomic E-state index is 13.9. The van der Waals surface area contributed by atoms with Gasteiger partial charge in [-0.2, -0.15) is 0 Å². The molecule has 4 fully saturated rings. The molecule has 2 aliphatic carbocycles. The van der Waals surface area contributed by atoms with Gasteiger partial charge < -0.3 is 24.2 Å². The number of aromatic nitrogens is 1. The second-order valence-electron chi connectivity index (χ2n) is 14.0. The molecule has 1 aromatic heterocycles. The van der Waals surface area contributed by atoms with E-state index in [0.717, 1.165) is 37.7 Å². The number of aliphatic hydroxyl groups is 1. The molecule has 2 aliphatic heterocycles. The minimum Gasteiger partial charge on any atom is -0.387 e. The highest BCUT2D eigenvalue weighted by atomic mass is 16.5. The summed E-state index contributed by atoms with van der Waals surface area (Å²) < 4.78 is 7.04. The largest absolute Gasteiger partial charge is 0.387 e.